The van der Waals surface area contributed by atoms with Crippen LogP contribution in [0.3, 0.4) is 0 Å². The van der Waals surface area contributed by atoms with Crippen LogP contribution in [0.1, 0.15) is 11.7 Å². The monoisotopic (exact) mass is 221 g/mol. The van der Waals surface area contributed by atoms with Crippen LogP contribution in [0.15, 0.2) is 6.07 Å². The minimum absolute atomic E-state index is 0.173. The number of rotatable bonds is 3. The highest BCUT2D eigenvalue weighted by molar-refractivity contribution is 6.31. The van der Waals surface area contributed by atoms with E-state index in [1.165, 1.54) is 6.07 Å². The van der Waals surface area contributed by atoms with Gasteiger partial charge in [0.1, 0.15) is 0 Å². The molecule has 0 saturated carbocycles. The van der Waals surface area contributed by atoms with E-state index in [0.717, 1.165) is 0 Å². The van der Waals surface area contributed by atoms with Crippen LogP contribution in [-0.2, 0) is 0 Å². The van der Waals surface area contributed by atoms with Gasteiger partial charge in [0.25, 0.3) is 0 Å². The van der Waals surface area contributed by atoms with E-state index < -0.39 is 6.10 Å². The van der Waals surface area contributed by atoms with Gasteiger partial charge in [0.05, 0.1) is 6.10 Å². The van der Waals surface area contributed by atoms with Crippen molar-refractivity contribution >= 4 is 23.2 Å². The molecule has 0 fully saturated rings. The van der Waals surface area contributed by atoms with E-state index in [2.05, 4.69) is 15.5 Å². The number of halogens is 2. The number of aromatic nitrogens is 2. The molecule has 0 spiro atoms. The predicted molar refractivity (Wildman–Crippen MR) is 50.9 cm³/mol. The van der Waals surface area contributed by atoms with E-state index in [1.807, 2.05) is 0 Å². The Morgan fingerprint density at radius 3 is 2.85 bits per heavy atom. The largest absolute Gasteiger partial charge is 0.387 e. The molecule has 0 aliphatic rings. The molecule has 1 unspecified atom stereocenters. The molecular weight excluding hydrogens is 213 g/mol. The minimum atomic E-state index is -0.717. The molecule has 13 heavy (non-hydrogen) atoms. The Morgan fingerprint density at radius 2 is 2.23 bits per heavy atom. The molecular formula is C7H9Cl2N3O. The highest BCUT2D eigenvalue weighted by Gasteiger charge is 2.12. The molecule has 0 amide bonds. The van der Waals surface area contributed by atoms with Crippen molar-refractivity contribution in [2.45, 2.75) is 6.10 Å². The van der Waals surface area contributed by atoms with E-state index in [9.17, 15) is 5.11 Å². The van der Waals surface area contributed by atoms with Crippen molar-refractivity contribution < 1.29 is 5.11 Å². The van der Waals surface area contributed by atoms with Gasteiger partial charge in [-0.05, 0) is 13.1 Å². The van der Waals surface area contributed by atoms with Crippen LogP contribution in [0, 0.1) is 0 Å². The van der Waals surface area contributed by atoms with E-state index in [-0.39, 0.29) is 10.3 Å². The van der Waals surface area contributed by atoms with Crippen LogP contribution in [-0.4, -0.2) is 28.9 Å². The molecule has 1 aromatic rings. The molecule has 72 valence electrons. The van der Waals surface area contributed by atoms with Gasteiger partial charge in [-0.3, -0.25) is 0 Å². The van der Waals surface area contributed by atoms with Crippen LogP contribution >= 0.6 is 23.2 Å². The Balaban J connectivity index is 2.91. The Kier molecular flexibility index (Phi) is 3.87. The summed E-state index contributed by atoms with van der Waals surface area (Å²) in [6.45, 7) is 0.391. The molecule has 1 atom stereocenters. The third-order valence-electron chi connectivity index (χ3n) is 1.50. The van der Waals surface area contributed by atoms with Crippen LogP contribution in [0.4, 0.5) is 0 Å². The standard InChI is InChI=1S/C7H9Cl2N3O/c1-10-3-5(13)4-2-6(8)11-12-7(4)9/h2,5,10,13H,3H2,1H3. The molecule has 0 aliphatic carbocycles. The summed E-state index contributed by atoms with van der Waals surface area (Å²) < 4.78 is 0. The number of aliphatic hydroxyl groups excluding tert-OH is 1. The molecule has 1 aromatic heterocycles. The van der Waals surface area contributed by atoms with Crippen LogP contribution in [0.5, 0.6) is 0 Å². The summed E-state index contributed by atoms with van der Waals surface area (Å²) in [5, 5.41) is 19.9. The zero-order valence-corrected chi connectivity index (χ0v) is 8.47. The van der Waals surface area contributed by atoms with Crippen molar-refractivity contribution in [2.24, 2.45) is 0 Å². The number of hydrogen-bond acceptors (Lipinski definition) is 4. The molecule has 0 bridgehead atoms. The summed E-state index contributed by atoms with van der Waals surface area (Å²) in [5.74, 6) is 0. The van der Waals surface area contributed by atoms with Gasteiger partial charge in [0.2, 0.25) is 0 Å². The van der Waals surface area contributed by atoms with Gasteiger partial charge in [-0.25, -0.2) is 0 Å². The molecule has 2 N–H and O–H groups in total. The van der Waals surface area contributed by atoms with Crippen molar-refractivity contribution in [3.63, 3.8) is 0 Å². The van der Waals surface area contributed by atoms with Gasteiger partial charge >= 0.3 is 0 Å². The fourth-order valence-corrected chi connectivity index (χ4v) is 1.28. The minimum Gasteiger partial charge on any atom is -0.387 e. The average Bonchev–Trinajstić information content (AvgIpc) is 2.09. The maximum absolute atomic E-state index is 9.55. The lowest BCUT2D eigenvalue weighted by Gasteiger charge is -2.10. The van der Waals surface area contributed by atoms with Crippen LogP contribution in [0.25, 0.3) is 0 Å². The number of aliphatic hydroxyl groups is 1. The second-order valence-electron chi connectivity index (χ2n) is 2.49. The van der Waals surface area contributed by atoms with E-state index >= 15 is 0 Å². The van der Waals surface area contributed by atoms with E-state index in [0.29, 0.717) is 12.1 Å². The Labute approximate surface area is 85.9 Å². The molecule has 6 heteroatoms. The molecule has 0 aliphatic heterocycles. The summed E-state index contributed by atoms with van der Waals surface area (Å²) in [5.41, 5.74) is 0.482. The molecule has 0 aromatic carbocycles. The number of nitrogens with one attached hydrogen (secondary N) is 1. The Morgan fingerprint density at radius 1 is 1.54 bits per heavy atom. The first-order chi connectivity index (χ1) is 6.15. The van der Waals surface area contributed by atoms with Crippen molar-refractivity contribution in [1.29, 1.82) is 0 Å². The zero-order chi connectivity index (χ0) is 9.84. The first kappa shape index (κ1) is 10.7. The Hall–Kier alpha value is -0.420. The molecule has 4 nitrogen and oxygen atoms in total. The highest BCUT2D eigenvalue weighted by Crippen LogP contribution is 2.21. The second-order valence-corrected chi connectivity index (χ2v) is 3.23. The van der Waals surface area contributed by atoms with Crippen molar-refractivity contribution in [1.82, 2.24) is 15.5 Å². The maximum Gasteiger partial charge on any atom is 0.157 e. The number of hydrogen-bond donors (Lipinski definition) is 2. The molecule has 1 heterocycles. The second kappa shape index (κ2) is 4.72. The summed E-state index contributed by atoms with van der Waals surface area (Å²) in [6, 6.07) is 1.50. The summed E-state index contributed by atoms with van der Waals surface area (Å²) in [6.07, 6.45) is -0.717. The summed E-state index contributed by atoms with van der Waals surface area (Å²) in [4.78, 5) is 0. The topological polar surface area (TPSA) is 58.0 Å². The third-order valence-corrected chi connectivity index (χ3v) is 1.98. The highest BCUT2D eigenvalue weighted by atomic mass is 35.5. The van der Waals surface area contributed by atoms with Gasteiger partial charge in [-0.15, -0.1) is 10.2 Å². The van der Waals surface area contributed by atoms with Gasteiger partial charge in [0, 0.05) is 12.1 Å². The predicted octanol–water partition coefficient (Wildman–Crippen LogP) is 1.04. The zero-order valence-electron chi connectivity index (χ0n) is 6.96. The quantitative estimate of drug-likeness (QED) is 0.802. The van der Waals surface area contributed by atoms with Crippen LogP contribution < -0.4 is 5.32 Å². The van der Waals surface area contributed by atoms with Crippen molar-refractivity contribution in [2.75, 3.05) is 13.6 Å². The lowest BCUT2D eigenvalue weighted by molar-refractivity contribution is 0.177. The lowest BCUT2D eigenvalue weighted by atomic mass is 10.2. The lowest BCUT2D eigenvalue weighted by Crippen LogP contribution is -2.17. The van der Waals surface area contributed by atoms with Gasteiger partial charge in [0.15, 0.2) is 10.3 Å². The van der Waals surface area contributed by atoms with E-state index in [1.54, 1.807) is 7.05 Å². The normalized spacial score (nSPS) is 12.9. The van der Waals surface area contributed by atoms with E-state index in [4.69, 9.17) is 23.2 Å². The van der Waals surface area contributed by atoms with Gasteiger partial charge in [-0.2, -0.15) is 0 Å². The molecule has 0 saturated heterocycles. The number of likely N-dealkylation sites (N-methyl/N-ethyl adjacent to an activating group) is 1. The van der Waals surface area contributed by atoms with Gasteiger partial charge < -0.3 is 10.4 Å². The SMILES string of the molecule is CNCC(O)c1cc(Cl)nnc1Cl. The summed E-state index contributed by atoms with van der Waals surface area (Å²) in [7, 11) is 1.73. The number of nitrogens with zero attached hydrogens (tertiary/aromatic N) is 2. The van der Waals surface area contributed by atoms with Crippen molar-refractivity contribution in [3.8, 4) is 0 Å². The van der Waals surface area contributed by atoms with Gasteiger partial charge in [-0.1, -0.05) is 23.2 Å². The maximum atomic E-state index is 9.55. The molecule has 0 radical (unpaired) electrons. The van der Waals surface area contributed by atoms with Crippen LogP contribution in [0.2, 0.25) is 10.3 Å². The Bertz CT molecular complexity index is 295. The third kappa shape index (κ3) is 2.77. The van der Waals surface area contributed by atoms with Crippen molar-refractivity contribution in [3.05, 3.63) is 21.9 Å². The fraction of sp³-hybridized carbons (Fsp3) is 0.429. The molecule has 1 rings (SSSR count). The smallest absolute Gasteiger partial charge is 0.157 e. The summed E-state index contributed by atoms with van der Waals surface area (Å²) >= 11 is 11.3. The first-order valence-electron chi connectivity index (χ1n) is 3.66. The first-order valence-corrected chi connectivity index (χ1v) is 4.42. The average molecular weight is 222 g/mol. The fourth-order valence-electron chi connectivity index (χ4n) is 0.903.